The van der Waals surface area contributed by atoms with E-state index in [0.29, 0.717) is 18.8 Å². The van der Waals surface area contributed by atoms with Crippen LogP contribution in [0.5, 0.6) is 0 Å². The second-order valence-electron chi connectivity index (χ2n) is 9.49. The zero-order valence-corrected chi connectivity index (χ0v) is 21.9. The molecular weight excluding hydrogens is 488 g/mol. The van der Waals surface area contributed by atoms with E-state index in [1.165, 1.54) is 0 Å². The van der Waals surface area contributed by atoms with Gasteiger partial charge in [0, 0.05) is 18.8 Å². The van der Waals surface area contributed by atoms with Gasteiger partial charge in [0.15, 0.2) is 0 Å². The molecule has 0 saturated carbocycles. The number of aromatic nitrogens is 4. The summed E-state index contributed by atoms with van der Waals surface area (Å²) >= 11 is 0. The van der Waals surface area contributed by atoms with Crippen LogP contribution in [0, 0.1) is 0 Å². The Bertz CT molecular complexity index is 1730. The van der Waals surface area contributed by atoms with Crippen LogP contribution in [-0.2, 0) is 29.7 Å². The van der Waals surface area contributed by atoms with Crippen molar-refractivity contribution in [3.8, 4) is 0 Å². The summed E-state index contributed by atoms with van der Waals surface area (Å²) in [5, 5.41) is 0. The van der Waals surface area contributed by atoms with Crippen molar-refractivity contribution >= 4 is 37.8 Å². The fourth-order valence-electron chi connectivity index (χ4n) is 4.59. The lowest BCUT2D eigenvalue weighted by Gasteiger charge is -2.13. The first-order chi connectivity index (χ1) is 17.7. The lowest BCUT2D eigenvalue weighted by molar-refractivity contribution is 0.382. The Kier molecular flexibility index (Phi) is 6.61. The summed E-state index contributed by atoms with van der Waals surface area (Å²) < 4.78 is 31.2. The second kappa shape index (κ2) is 9.87. The Balaban J connectivity index is 1.52. The first-order valence-electron chi connectivity index (χ1n) is 12.0. The molecule has 37 heavy (non-hydrogen) atoms. The SMILES string of the molecule is CN(C)CCn1c(Cn2c(=O)n(Cc3ccc(NS(C)(=O)=O)cc3)c3ccccc32)nc2ccccc21. The third-order valence-corrected chi connectivity index (χ3v) is 6.93. The van der Waals surface area contributed by atoms with Crippen molar-refractivity contribution in [2.24, 2.45) is 0 Å². The molecule has 0 aliphatic carbocycles. The van der Waals surface area contributed by atoms with Crippen LogP contribution >= 0.6 is 0 Å². The number of imidazole rings is 2. The molecule has 9 nitrogen and oxygen atoms in total. The molecule has 0 fully saturated rings. The molecule has 5 rings (SSSR count). The summed E-state index contributed by atoms with van der Waals surface area (Å²) in [7, 11) is 0.732. The summed E-state index contributed by atoms with van der Waals surface area (Å²) in [6.07, 6.45) is 1.12. The molecular formula is C27H30N6O3S. The highest BCUT2D eigenvalue weighted by atomic mass is 32.2. The molecule has 0 spiro atoms. The minimum absolute atomic E-state index is 0.120. The average Bonchev–Trinajstić information content (AvgIpc) is 3.33. The second-order valence-corrected chi connectivity index (χ2v) is 11.2. The normalized spacial score (nSPS) is 12.1. The number of benzene rings is 3. The van der Waals surface area contributed by atoms with E-state index >= 15 is 0 Å². The molecule has 0 bridgehead atoms. The van der Waals surface area contributed by atoms with Crippen LogP contribution in [0.15, 0.2) is 77.6 Å². The third-order valence-electron chi connectivity index (χ3n) is 6.33. The molecule has 2 aromatic heterocycles. The topological polar surface area (TPSA) is 94.2 Å². The van der Waals surface area contributed by atoms with Crippen molar-refractivity contribution < 1.29 is 8.42 Å². The Labute approximate surface area is 215 Å². The van der Waals surface area contributed by atoms with E-state index in [1.807, 2.05) is 68.7 Å². The highest BCUT2D eigenvalue weighted by Gasteiger charge is 2.17. The van der Waals surface area contributed by atoms with E-state index in [-0.39, 0.29) is 5.69 Å². The maximum atomic E-state index is 13.7. The quantitative estimate of drug-likeness (QED) is 0.324. The lowest BCUT2D eigenvalue weighted by Crippen LogP contribution is -2.27. The molecule has 0 saturated heterocycles. The van der Waals surface area contributed by atoms with Gasteiger partial charge in [-0.15, -0.1) is 0 Å². The first kappa shape index (κ1) is 24.8. The number of rotatable bonds is 9. The zero-order chi connectivity index (χ0) is 26.2. The fraction of sp³-hybridized carbons (Fsp3) is 0.259. The van der Waals surface area contributed by atoms with Crippen molar-refractivity contribution in [1.82, 2.24) is 23.6 Å². The van der Waals surface area contributed by atoms with Crippen molar-refractivity contribution in [3.05, 3.63) is 94.7 Å². The summed E-state index contributed by atoms with van der Waals surface area (Å²) in [5.41, 5.74) is 4.90. The monoisotopic (exact) mass is 518 g/mol. The van der Waals surface area contributed by atoms with Gasteiger partial charge >= 0.3 is 5.69 Å². The number of nitrogens with one attached hydrogen (secondary N) is 1. The number of nitrogens with zero attached hydrogens (tertiary/aromatic N) is 5. The first-order valence-corrected chi connectivity index (χ1v) is 13.9. The van der Waals surface area contributed by atoms with E-state index < -0.39 is 10.0 Å². The number of hydrogen-bond donors (Lipinski definition) is 1. The number of hydrogen-bond acceptors (Lipinski definition) is 5. The predicted octanol–water partition coefficient (Wildman–Crippen LogP) is 3.18. The Morgan fingerprint density at radius 3 is 2.03 bits per heavy atom. The molecule has 2 heterocycles. The minimum atomic E-state index is -3.35. The minimum Gasteiger partial charge on any atom is -0.325 e. The van der Waals surface area contributed by atoms with Crippen molar-refractivity contribution in [3.63, 3.8) is 0 Å². The molecule has 3 aromatic carbocycles. The van der Waals surface area contributed by atoms with Gasteiger partial charge in [-0.3, -0.25) is 13.9 Å². The van der Waals surface area contributed by atoms with E-state index in [0.717, 1.165) is 52.8 Å². The zero-order valence-electron chi connectivity index (χ0n) is 21.1. The maximum Gasteiger partial charge on any atom is 0.329 e. The van der Waals surface area contributed by atoms with Gasteiger partial charge in [-0.05, 0) is 56.1 Å². The van der Waals surface area contributed by atoms with Gasteiger partial charge in [-0.1, -0.05) is 36.4 Å². The summed E-state index contributed by atoms with van der Waals surface area (Å²) in [5.74, 6) is 0.837. The van der Waals surface area contributed by atoms with Crippen molar-refractivity contribution in [1.29, 1.82) is 0 Å². The third kappa shape index (κ3) is 5.30. The highest BCUT2D eigenvalue weighted by molar-refractivity contribution is 7.92. The number of fused-ring (bicyclic) bond motifs is 2. The molecule has 0 radical (unpaired) electrons. The van der Waals surface area contributed by atoms with Gasteiger partial charge in [0.25, 0.3) is 0 Å². The number of likely N-dealkylation sites (N-methyl/N-ethyl adjacent to an activating group) is 1. The van der Waals surface area contributed by atoms with Crippen LogP contribution < -0.4 is 10.4 Å². The summed E-state index contributed by atoms with van der Waals surface area (Å²) in [6, 6.07) is 22.9. The summed E-state index contributed by atoms with van der Waals surface area (Å²) in [6.45, 7) is 2.34. The van der Waals surface area contributed by atoms with Crippen LogP contribution in [0.1, 0.15) is 11.4 Å². The molecule has 1 N–H and O–H groups in total. The van der Waals surface area contributed by atoms with E-state index in [4.69, 9.17) is 4.98 Å². The molecule has 5 aromatic rings. The van der Waals surface area contributed by atoms with E-state index in [2.05, 4.69) is 20.3 Å². The largest absolute Gasteiger partial charge is 0.329 e. The molecule has 0 amide bonds. The molecule has 10 heteroatoms. The highest BCUT2D eigenvalue weighted by Crippen LogP contribution is 2.20. The van der Waals surface area contributed by atoms with Crippen LogP contribution in [-0.4, -0.2) is 58.9 Å². The predicted molar refractivity (Wildman–Crippen MR) is 148 cm³/mol. The standard InChI is InChI=1S/C27H30N6O3S/c1-30(2)16-17-31-23-9-5-4-8-22(23)28-26(31)19-33-25-11-7-6-10-24(25)32(27(33)34)18-20-12-14-21(15-13-20)29-37(3,35)36/h4-15,29H,16-19H2,1-3H3. The average molecular weight is 519 g/mol. The fourth-order valence-corrected chi connectivity index (χ4v) is 5.15. The van der Waals surface area contributed by atoms with Gasteiger partial charge < -0.3 is 9.47 Å². The molecule has 192 valence electrons. The van der Waals surface area contributed by atoms with Gasteiger partial charge in [0.05, 0.1) is 41.4 Å². The molecule has 0 aliphatic heterocycles. The molecule has 0 atom stereocenters. The Morgan fingerprint density at radius 1 is 0.811 bits per heavy atom. The van der Waals surface area contributed by atoms with Crippen LogP contribution in [0.2, 0.25) is 0 Å². The smallest absolute Gasteiger partial charge is 0.325 e. The van der Waals surface area contributed by atoms with Gasteiger partial charge in [0.1, 0.15) is 5.82 Å². The Hall–Kier alpha value is -3.89. The van der Waals surface area contributed by atoms with Crippen LogP contribution in [0.4, 0.5) is 5.69 Å². The lowest BCUT2D eigenvalue weighted by atomic mass is 10.2. The van der Waals surface area contributed by atoms with Gasteiger partial charge in [-0.2, -0.15) is 0 Å². The number of sulfonamides is 1. The van der Waals surface area contributed by atoms with Crippen LogP contribution in [0.3, 0.4) is 0 Å². The summed E-state index contributed by atoms with van der Waals surface area (Å²) in [4.78, 5) is 20.8. The van der Waals surface area contributed by atoms with Crippen molar-refractivity contribution in [2.75, 3.05) is 31.6 Å². The van der Waals surface area contributed by atoms with E-state index in [9.17, 15) is 13.2 Å². The maximum absolute atomic E-state index is 13.7. The number of para-hydroxylation sites is 4. The Morgan fingerprint density at radius 2 is 1.41 bits per heavy atom. The molecule has 0 aliphatic rings. The number of anilines is 1. The van der Waals surface area contributed by atoms with Crippen LogP contribution in [0.25, 0.3) is 22.1 Å². The molecule has 0 unspecified atom stereocenters. The van der Waals surface area contributed by atoms with Gasteiger partial charge in [-0.25, -0.2) is 18.2 Å². The van der Waals surface area contributed by atoms with Crippen molar-refractivity contribution in [2.45, 2.75) is 19.6 Å². The van der Waals surface area contributed by atoms with E-state index in [1.54, 1.807) is 21.3 Å². The van der Waals surface area contributed by atoms with Gasteiger partial charge in [0.2, 0.25) is 10.0 Å².